The molecule has 20 heavy (non-hydrogen) atoms. The van der Waals surface area contributed by atoms with E-state index in [1.165, 1.54) is 10.9 Å². The molecule has 0 aliphatic rings. The Balaban J connectivity index is 2.33. The van der Waals surface area contributed by atoms with Gasteiger partial charge in [-0.1, -0.05) is 25.0 Å². The highest BCUT2D eigenvalue weighted by atomic mass is 16.4. The normalized spacial score (nSPS) is 10.3. The fraction of sp³-hybridized carbons (Fsp3) is 0.667. The number of aromatic nitrogens is 3. The Hall–Kier alpha value is -2.12. The van der Waals surface area contributed by atoms with Crippen LogP contribution >= 0.6 is 0 Å². The minimum absolute atomic E-state index is 0.172. The van der Waals surface area contributed by atoms with Crippen LogP contribution < -0.4 is 5.32 Å². The molecule has 8 nitrogen and oxygen atoms in total. The van der Waals surface area contributed by atoms with Crippen molar-refractivity contribution in [3.63, 3.8) is 0 Å². The number of hydrogen-bond acceptors (Lipinski definition) is 4. The number of carbonyl (C=O) groups is 2. The molecule has 1 aromatic rings. The average molecular weight is 283 g/mol. The van der Waals surface area contributed by atoms with Crippen molar-refractivity contribution in [1.82, 2.24) is 25.2 Å². The number of carboxylic acid groups (broad SMARTS) is 1. The number of rotatable bonds is 8. The molecule has 8 heteroatoms. The lowest BCUT2D eigenvalue weighted by Crippen LogP contribution is -2.37. The van der Waals surface area contributed by atoms with Gasteiger partial charge in [-0.25, -0.2) is 9.48 Å². The zero-order valence-corrected chi connectivity index (χ0v) is 11.9. The van der Waals surface area contributed by atoms with E-state index in [0.717, 1.165) is 19.3 Å². The zero-order valence-electron chi connectivity index (χ0n) is 11.9. The van der Waals surface area contributed by atoms with Gasteiger partial charge in [0.2, 0.25) is 0 Å². The molecule has 1 heterocycles. The highest BCUT2D eigenvalue weighted by Crippen LogP contribution is 1.98. The summed E-state index contributed by atoms with van der Waals surface area (Å²) in [7, 11) is 1.74. The van der Waals surface area contributed by atoms with Crippen LogP contribution in [-0.4, -0.2) is 50.6 Å². The van der Waals surface area contributed by atoms with Gasteiger partial charge in [-0.15, -0.1) is 5.10 Å². The third kappa shape index (κ3) is 5.68. The molecule has 0 saturated carbocycles. The van der Waals surface area contributed by atoms with Gasteiger partial charge in [-0.3, -0.25) is 4.79 Å². The van der Waals surface area contributed by atoms with Crippen molar-refractivity contribution in [2.45, 2.75) is 39.3 Å². The number of carboxylic acids is 1. The van der Waals surface area contributed by atoms with Crippen molar-refractivity contribution in [1.29, 1.82) is 0 Å². The molecule has 0 fully saturated rings. The van der Waals surface area contributed by atoms with Crippen LogP contribution in [0.15, 0.2) is 6.20 Å². The van der Waals surface area contributed by atoms with Gasteiger partial charge < -0.3 is 15.3 Å². The van der Waals surface area contributed by atoms with E-state index >= 15 is 0 Å². The van der Waals surface area contributed by atoms with Gasteiger partial charge in [0.25, 0.3) is 0 Å². The number of unbranched alkanes of at least 4 members (excludes halogenated alkanes) is 2. The molecule has 0 saturated heterocycles. The summed E-state index contributed by atoms with van der Waals surface area (Å²) < 4.78 is 1.22. The van der Waals surface area contributed by atoms with E-state index in [1.54, 1.807) is 11.9 Å². The molecule has 0 spiro atoms. The maximum atomic E-state index is 11.8. The maximum Gasteiger partial charge on any atom is 0.325 e. The minimum Gasteiger partial charge on any atom is -0.480 e. The number of amides is 2. The number of nitrogens with one attached hydrogen (secondary N) is 1. The van der Waals surface area contributed by atoms with Gasteiger partial charge in [0.05, 0.1) is 12.7 Å². The number of aliphatic carboxylic acids is 1. The maximum absolute atomic E-state index is 11.8. The van der Waals surface area contributed by atoms with Crippen LogP contribution in [-0.2, 0) is 17.9 Å². The summed E-state index contributed by atoms with van der Waals surface area (Å²) in [4.78, 5) is 23.9. The predicted molar refractivity (Wildman–Crippen MR) is 72.0 cm³/mol. The van der Waals surface area contributed by atoms with Gasteiger partial charge in [0, 0.05) is 13.6 Å². The van der Waals surface area contributed by atoms with Crippen LogP contribution in [0.3, 0.4) is 0 Å². The smallest absolute Gasteiger partial charge is 0.325 e. The number of nitrogens with zero attached hydrogens (tertiary/aromatic N) is 4. The van der Waals surface area contributed by atoms with E-state index < -0.39 is 5.97 Å². The predicted octanol–water partition coefficient (Wildman–Crippen LogP) is 0.694. The highest BCUT2D eigenvalue weighted by molar-refractivity contribution is 5.73. The van der Waals surface area contributed by atoms with Crippen molar-refractivity contribution in [3.8, 4) is 0 Å². The molecule has 0 aliphatic carbocycles. The monoisotopic (exact) mass is 283 g/mol. The average Bonchev–Trinajstić information content (AvgIpc) is 2.82. The number of urea groups is 1. The lowest BCUT2D eigenvalue weighted by Gasteiger charge is -2.17. The topological polar surface area (TPSA) is 100 Å². The van der Waals surface area contributed by atoms with Gasteiger partial charge >= 0.3 is 12.0 Å². The van der Waals surface area contributed by atoms with E-state index in [0.29, 0.717) is 12.2 Å². The molecule has 0 aromatic carbocycles. The SMILES string of the molecule is CCCCCN(C)C(=O)NCc1cn(CC(=O)O)nn1. The molecular weight excluding hydrogens is 262 g/mol. The lowest BCUT2D eigenvalue weighted by atomic mass is 10.2. The summed E-state index contributed by atoms with van der Waals surface area (Å²) in [6.07, 6.45) is 4.70. The summed E-state index contributed by atoms with van der Waals surface area (Å²) in [5.74, 6) is -0.985. The van der Waals surface area contributed by atoms with Gasteiger partial charge in [-0.2, -0.15) is 0 Å². The van der Waals surface area contributed by atoms with Crippen molar-refractivity contribution >= 4 is 12.0 Å². The van der Waals surface area contributed by atoms with Crippen molar-refractivity contribution in [3.05, 3.63) is 11.9 Å². The first-order valence-corrected chi connectivity index (χ1v) is 6.62. The van der Waals surface area contributed by atoms with Gasteiger partial charge in [-0.05, 0) is 6.42 Å². The second-order valence-corrected chi connectivity index (χ2v) is 4.59. The molecule has 0 radical (unpaired) electrons. The Bertz CT molecular complexity index is 446. The van der Waals surface area contributed by atoms with Crippen LogP contribution in [0.25, 0.3) is 0 Å². The van der Waals surface area contributed by atoms with Crippen LogP contribution in [0.5, 0.6) is 0 Å². The van der Waals surface area contributed by atoms with E-state index in [2.05, 4.69) is 22.6 Å². The van der Waals surface area contributed by atoms with Crippen molar-refractivity contribution < 1.29 is 14.7 Å². The van der Waals surface area contributed by atoms with Crippen LogP contribution in [0.4, 0.5) is 4.79 Å². The highest BCUT2D eigenvalue weighted by Gasteiger charge is 2.09. The van der Waals surface area contributed by atoms with Gasteiger partial charge in [0.15, 0.2) is 0 Å². The van der Waals surface area contributed by atoms with Crippen LogP contribution in [0.2, 0.25) is 0 Å². The van der Waals surface area contributed by atoms with E-state index in [-0.39, 0.29) is 19.1 Å². The number of carbonyl (C=O) groups excluding carboxylic acids is 1. The second-order valence-electron chi connectivity index (χ2n) is 4.59. The molecule has 0 unspecified atom stereocenters. The third-order valence-corrected chi connectivity index (χ3v) is 2.75. The fourth-order valence-corrected chi connectivity index (χ4v) is 1.64. The molecular formula is C12H21N5O3. The first kappa shape index (κ1) is 15.9. The van der Waals surface area contributed by atoms with E-state index in [4.69, 9.17) is 5.11 Å². The minimum atomic E-state index is -0.985. The first-order chi connectivity index (χ1) is 9.52. The van der Waals surface area contributed by atoms with Gasteiger partial charge in [0.1, 0.15) is 12.2 Å². The summed E-state index contributed by atoms with van der Waals surface area (Å²) in [6.45, 7) is 2.82. The standard InChI is InChI=1S/C12H21N5O3/c1-3-4-5-6-16(2)12(20)13-7-10-8-17(15-14-10)9-11(18)19/h8H,3-7,9H2,1-2H3,(H,13,20)(H,18,19). The number of hydrogen-bond donors (Lipinski definition) is 2. The van der Waals surface area contributed by atoms with Crippen LogP contribution in [0, 0.1) is 0 Å². The Morgan fingerprint density at radius 1 is 1.45 bits per heavy atom. The van der Waals surface area contributed by atoms with E-state index in [9.17, 15) is 9.59 Å². The largest absolute Gasteiger partial charge is 0.480 e. The molecule has 0 bridgehead atoms. The molecule has 1 aromatic heterocycles. The van der Waals surface area contributed by atoms with Crippen molar-refractivity contribution in [2.24, 2.45) is 0 Å². The molecule has 2 amide bonds. The fourth-order valence-electron chi connectivity index (χ4n) is 1.64. The molecule has 112 valence electrons. The molecule has 2 N–H and O–H groups in total. The van der Waals surface area contributed by atoms with Crippen molar-refractivity contribution in [2.75, 3.05) is 13.6 Å². The Morgan fingerprint density at radius 2 is 2.20 bits per heavy atom. The Morgan fingerprint density at radius 3 is 2.85 bits per heavy atom. The van der Waals surface area contributed by atoms with Crippen LogP contribution in [0.1, 0.15) is 31.9 Å². The third-order valence-electron chi connectivity index (χ3n) is 2.75. The second kappa shape index (κ2) is 8.13. The lowest BCUT2D eigenvalue weighted by molar-refractivity contribution is -0.137. The molecule has 1 rings (SSSR count). The van der Waals surface area contributed by atoms with E-state index in [1.807, 2.05) is 0 Å². The summed E-state index contributed by atoms with van der Waals surface area (Å²) in [5.41, 5.74) is 0.529. The summed E-state index contributed by atoms with van der Waals surface area (Å²) in [5, 5.41) is 18.8. The first-order valence-electron chi connectivity index (χ1n) is 6.62. The quantitative estimate of drug-likeness (QED) is 0.684. The molecule has 0 atom stereocenters. The zero-order chi connectivity index (χ0) is 15.0. The Kier molecular flexibility index (Phi) is 6.48. The Labute approximate surface area is 117 Å². The summed E-state index contributed by atoms with van der Waals surface area (Å²) >= 11 is 0. The molecule has 0 aliphatic heterocycles. The summed E-state index contributed by atoms with van der Waals surface area (Å²) in [6, 6.07) is -0.172.